The van der Waals surface area contributed by atoms with Crippen molar-refractivity contribution in [3.8, 4) is 0 Å². The highest BCUT2D eigenvalue weighted by Gasteiger charge is 2.22. The third-order valence-corrected chi connectivity index (χ3v) is 5.24. The average molecular weight is 335 g/mol. The summed E-state index contributed by atoms with van der Waals surface area (Å²) >= 11 is 1.37. The van der Waals surface area contributed by atoms with Crippen LogP contribution in [0.3, 0.4) is 0 Å². The summed E-state index contributed by atoms with van der Waals surface area (Å²) in [4.78, 5) is 19.1. The second kappa shape index (κ2) is 6.09. The van der Waals surface area contributed by atoms with Crippen molar-refractivity contribution in [2.45, 2.75) is 6.42 Å². The van der Waals surface area contributed by atoms with Gasteiger partial charge in [-0.25, -0.2) is 4.98 Å². The van der Waals surface area contributed by atoms with E-state index in [-0.39, 0.29) is 5.91 Å². The number of carbonyl (C=O) groups excluding carboxylic acids is 1. The van der Waals surface area contributed by atoms with Crippen LogP contribution < -0.4 is 5.73 Å². The maximum atomic E-state index is 12.9. The number of carbonyl (C=O) groups is 1. The van der Waals surface area contributed by atoms with Crippen molar-refractivity contribution < 1.29 is 4.79 Å². The molecule has 0 aliphatic carbocycles. The molecule has 24 heavy (non-hydrogen) atoms. The summed E-state index contributed by atoms with van der Waals surface area (Å²) in [6.45, 7) is 1.36. The Balaban J connectivity index is 1.59. The largest absolute Gasteiger partial charge is 0.375 e. The SMILES string of the molecule is Nc1nc2cccc(C(=O)N3CC=C(c4ccccc4)CC3)c2s1. The molecule has 2 heterocycles. The quantitative estimate of drug-likeness (QED) is 0.775. The van der Waals surface area contributed by atoms with Gasteiger partial charge in [0.15, 0.2) is 5.13 Å². The Hall–Kier alpha value is -2.66. The van der Waals surface area contributed by atoms with Crippen LogP contribution in [0.1, 0.15) is 22.3 Å². The molecule has 2 N–H and O–H groups in total. The summed E-state index contributed by atoms with van der Waals surface area (Å²) in [5.41, 5.74) is 9.82. The molecule has 0 bridgehead atoms. The van der Waals surface area contributed by atoms with E-state index in [9.17, 15) is 4.79 Å². The van der Waals surface area contributed by atoms with Gasteiger partial charge >= 0.3 is 0 Å². The van der Waals surface area contributed by atoms with E-state index in [2.05, 4.69) is 23.2 Å². The minimum Gasteiger partial charge on any atom is -0.375 e. The molecule has 0 atom stereocenters. The number of thiazole rings is 1. The lowest BCUT2D eigenvalue weighted by Crippen LogP contribution is -2.34. The second-order valence-corrected chi connectivity index (χ2v) is 6.83. The Morgan fingerprint density at radius 3 is 2.71 bits per heavy atom. The van der Waals surface area contributed by atoms with Crippen molar-refractivity contribution in [3.63, 3.8) is 0 Å². The molecule has 0 unspecified atom stereocenters. The van der Waals surface area contributed by atoms with Gasteiger partial charge in [-0.3, -0.25) is 4.79 Å². The number of nitrogens with zero attached hydrogens (tertiary/aromatic N) is 2. The molecule has 3 aromatic rings. The van der Waals surface area contributed by atoms with Gasteiger partial charge in [0, 0.05) is 13.1 Å². The van der Waals surface area contributed by atoms with Gasteiger partial charge in [0.2, 0.25) is 0 Å². The van der Waals surface area contributed by atoms with E-state index in [1.807, 2.05) is 41.3 Å². The average Bonchev–Trinajstić information content (AvgIpc) is 3.02. The first-order chi connectivity index (χ1) is 11.7. The molecule has 1 aliphatic heterocycles. The molecule has 0 saturated carbocycles. The molecule has 4 nitrogen and oxygen atoms in total. The van der Waals surface area contributed by atoms with E-state index in [1.165, 1.54) is 22.5 Å². The van der Waals surface area contributed by atoms with Gasteiger partial charge in [0.1, 0.15) is 0 Å². The summed E-state index contributed by atoms with van der Waals surface area (Å²) < 4.78 is 0.873. The Morgan fingerprint density at radius 2 is 1.96 bits per heavy atom. The summed E-state index contributed by atoms with van der Waals surface area (Å²) in [6, 6.07) is 16.0. The molecule has 1 aliphatic rings. The highest BCUT2D eigenvalue weighted by Crippen LogP contribution is 2.29. The number of nitrogens with two attached hydrogens (primary N) is 1. The molecule has 0 radical (unpaired) electrons. The van der Waals surface area contributed by atoms with E-state index in [4.69, 9.17) is 5.73 Å². The van der Waals surface area contributed by atoms with Crippen LogP contribution in [0, 0.1) is 0 Å². The molecule has 1 aromatic heterocycles. The Morgan fingerprint density at radius 1 is 1.12 bits per heavy atom. The van der Waals surface area contributed by atoms with Crippen molar-refractivity contribution in [2.75, 3.05) is 18.8 Å². The van der Waals surface area contributed by atoms with Crippen LogP contribution in [0.15, 0.2) is 54.6 Å². The lowest BCUT2D eigenvalue weighted by Gasteiger charge is -2.27. The molecule has 0 fully saturated rings. The predicted molar refractivity (Wildman–Crippen MR) is 99.0 cm³/mol. The van der Waals surface area contributed by atoms with Crippen LogP contribution in [0.25, 0.3) is 15.8 Å². The summed E-state index contributed by atoms with van der Waals surface area (Å²) in [7, 11) is 0. The number of amides is 1. The van der Waals surface area contributed by atoms with Crippen molar-refractivity contribution in [1.29, 1.82) is 0 Å². The van der Waals surface area contributed by atoms with Crippen LogP contribution >= 0.6 is 11.3 Å². The first kappa shape index (κ1) is 14.9. The second-order valence-electron chi connectivity index (χ2n) is 5.80. The number of aromatic nitrogens is 1. The number of nitrogen functional groups attached to an aromatic ring is 1. The zero-order chi connectivity index (χ0) is 16.5. The topological polar surface area (TPSA) is 59.2 Å². The number of anilines is 1. The number of rotatable bonds is 2. The summed E-state index contributed by atoms with van der Waals surface area (Å²) in [5, 5.41) is 0.496. The van der Waals surface area contributed by atoms with Crippen molar-refractivity contribution in [3.05, 3.63) is 65.7 Å². The number of fused-ring (bicyclic) bond motifs is 1. The van der Waals surface area contributed by atoms with Crippen LogP contribution in [-0.2, 0) is 0 Å². The van der Waals surface area contributed by atoms with Gasteiger partial charge in [-0.1, -0.05) is 53.8 Å². The molecule has 4 rings (SSSR count). The molecule has 1 amide bonds. The minimum atomic E-state index is 0.0487. The third-order valence-electron chi connectivity index (χ3n) is 4.30. The standard InChI is InChI=1S/C19H17N3OS/c20-19-21-16-8-4-7-15(17(16)24-19)18(23)22-11-9-14(10-12-22)13-5-2-1-3-6-13/h1-9H,10-12H2,(H2,20,21). The van der Waals surface area contributed by atoms with Crippen LogP contribution in [0.4, 0.5) is 5.13 Å². The van der Waals surface area contributed by atoms with Crippen molar-refractivity contribution in [2.24, 2.45) is 0 Å². The van der Waals surface area contributed by atoms with Gasteiger partial charge in [0.05, 0.1) is 15.8 Å². The van der Waals surface area contributed by atoms with E-state index in [1.54, 1.807) is 0 Å². The zero-order valence-corrected chi connectivity index (χ0v) is 13.9. The van der Waals surface area contributed by atoms with E-state index < -0.39 is 0 Å². The van der Waals surface area contributed by atoms with Crippen LogP contribution in [-0.4, -0.2) is 28.9 Å². The smallest absolute Gasteiger partial charge is 0.255 e. The van der Waals surface area contributed by atoms with Gasteiger partial charge < -0.3 is 10.6 Å². The van der Waals surface area contributed by atoms with Crippen molar-refractivity contribution >= 4 is 38.2 Å². The monoisotopic (exact) mass is 335 g/mol. The molecule has 0 saturated heterocycles. The molecular weight excluding hydrogens is 318 g/mol. The normalized spacial score (nSPS) is 14.7. The number of benzene rings is 2. The maximum Gasteiger partial charge on any atom is 0.255 e. The fourth-order valence-electron chi connectivity index (χ4n) is 3.07. The Kier molecular flexibility index (Phi) is 3.78. The fraction of sp³-hybridized carbons (Fsp3) is 0.158. The molecule has 120 valence electrons. The molecular formula is C19H17N3OS. The van der Waals surface area contributed by atoms with Gasteiger partial charge in [-0.05, 0) is 29.7 Å². The minimum absolute atomic E-state index is 0.0487. The third kappa shape index (κ3) is 2.67. The van der Waals surface area contributed by atoms with Crippen molar-refractivity contribution in [1.82, 2.24) is 9.88 Å². The first-order valence-corrected chi connectivity index (χ1v) is 8.73. The Bertz CT molecular complexity index is 930. The lowest BCUT2D eigenvalue weighted by atomic mass is 9.99. The fourth-order valence-corrected chi connectivity index (χ4v) is 3.91. The number of hydrogen-bond donors (Lipinski definition) is 1. The highest BCUT2D eigenvalue weighted by molar-refractivity contribution is 7.22. The maximum absolute atomic E-state index is 12.9. The zero-order valence-electron chi connectivity index (χ0n) is 13.1. The number of hydrogen-bond acceptors (Lipinski definition) is 4. The summed E-state index contributed by atoms with van der Waals surface area (Å²) in [5.74, 6) is 0.0487. The Labute approximate surface area is 144 Å². The predicted octanol–water partition coefficient (Wildman–Crippen LogP) is 3.81. The first-order valence-electron chi connectivity index (χ1n) is 7.91. The molecule has 0 spiro atoms. The van der Waals surface area contributed by atoms with E-state index in [0.29, 0.717) is 17.2 Å². The van der Waals surface area contributed by atoms with E-state index in [0.717, 1.165) is 23.2 Å². The molecule has 5 heteroatoms. The molecule has 2 aromatic carbocycles. The van der Waals surface area contributed by atoms with Gasteiger partial charge in [-0.2, -0.15) is 0 Å². The van der Waals surface area contributed by atoms with Gasteiger partial charge in [0.25, 0.3) is 5.91 Å². The van der Waals surface area contributed by atoms with Gasteiger partial charge in [-0.15, -0.1) is 0 Å². The highest BCUT2D eigenvalue weighted by atomic mass is 32.1. The van der Waals surface area contributed by atoms with E-state index >= 15 is 0 Å². The summed E-state index contributed by atoms with van der Waals surface area (Å²) in [6.07, 6.45) is 3.02. The van der Waals surface area contributed by atoms with Crippen LogP contribution in [0.5, 0.6) is 0 Å². The van der Waals surface area contributed by atoms with Crippen LogP contribution in [0.2, 0.25) is 0 Å². The lowest BCUT2D eigenvalue weighted by molar-refractivity contribution is 0.0775.